The number of amides is 1. The predicted octanol–water partition coefficient (Wildman–Crippen LogP) is 6.05. The highest BCUT2D eigenvalue weighted by molar-refractivity contribution is 6.31. The number of anilines is 1. The molecule has 2 saturated carbocycles. The first-order chi connectivity index (χ1) is 17.8. The second kappa shape index (κ2) is 9.37. The Bertz CT molecular complexity index is 1370. The van der Waals surface area contributed by atoms with E-state index in [9.17, 15) is 27.5 Å². The van der Waals surface area contributed by atoms with Gasteiger partial charge in [0.2, 0.25) is 0 Å². The number of aromatic nitrogens is 4. The maximum atomic E-state index is 14.0. The molecule has 5 rings (SSSR count). The second-order valence-electron chi connectivity index (χ2n) is 10.7. The molecule has 2 aromatic heterocycles. The van der Waals surface area contributed by atoms with Gasteiger partial charge < -0.3 is 15.0 Å². The van der Waals surface area contributed by atoms with Crippen molar-refractivity contribution in [1.82, 2.24) is 19.3 Å². The van der Waals surface area contributed by atoms with Gasteiger partial charge in [-0.15, -0.1) is 0 Å². The summed E-state index contributed by atoms with van der Waals surface area (Å²) in [4.78, 5) is 17.6. The summed E-state index contributed by atoms with van der Waals surface area (Å²) in [5.41, 5.74) is -1.39. The van der Waals surface area contributed by atoms with Gasteiger partial charge in [0.25, 0.3) is 5.91 Å². The Morgan fingerprint density at radius 2 is 1.89 bits per heavy atom. The Kier molecular flexibility index (Phi) is 6.58. The maximum absolute atomic E-state index is 14.0. The zero-order chi connectivity index (χ0) is 27.6. The van der Waals surface area contributed by atoms with Crippen molar-refractivity contribution in [3.05, 3.63) is 64.2 Å². The molecular formula is C26H28ClF4N5O2. The Morgan fingerprint density at radius 1 is 1.24 bits per heavy atom. The van der Waals surface area contributed by atoms with Crippen LogP contribution in [0.2, 0.25) is 5.02 Å². The topological polar surface area (TPSA) is 85.0 Å². The van der Waals surface area contributed by atoms with Crippen LogP contribution in [-0.4, -0.2) is 30.3 Å². The Labute approximate surface area is 221 Å². The molecule has 38 heavy (non-hydrogen) atoms. The van der Waals surface area contributed by atoms with Crippen molar-refractivity contribution in [3.8, 4) is 0 Å². The van der Waals surface area contributed by atoms with E-state index in [-0.39, 0.29) is 41.2 Å². The van der Waals surface area contributed by atoms with Crippen LogP contribution in [0.25, 0.3) is 0 Å². The largest absolute Gasteiger partial charge is 0.433 e. The van der Waals surface area contributed by atoms with Gasteiger partial charge in [-0.3, -0.25) is 9.48 Å². The number of carbonyl (C=O) groups is 1. The highest BCUT2D eigenvalue weighted by atomic mass is 35.5. The van der Waals surface area contributed by atoms with Crippen molar-refractivity contribution >= 4 is 23.2 Å². The van der Waals surface area contributed by atoms with Crippen molar-refractivity contribution in [2.75, 3.05) is 5.32 Å². The number of nitrogens with zero attached hydrogens (tertiary/aromatic N) is 4. The standard InChI is InChI=1S/C26H28ClF4N5O2/c1-13(2)36-23(26(29,30)31)18(11-33-36)25(38)9-15-6-14(7-16(15)10-25)21-22(35(3)12-32-21)24(37)34-17-4-5-20(28)19(27)8-17/h4-5,8,11-16,38H,6-7,9-10H2,1-3H3,(H,34,37). The number of aliphatic hydroxyl groups is 1. The number of fused-ring (bicyclic) bond motifs is 1. The number of imidazole rings is 1. The quantitative estimate of drug-likeness (QED) is 0.377. The average molecular weight is 554 g/mol. The molecule has 3 aromatic rings. The summed E-state index contributed by atoms with van der Waals surface area (Å²) in [5.74, 6) is -1.16. The first kappa shape index (κ1) is 26.7. The first-order valence-corrected chi connectivity index (χ1v) is 12.8. The van der Waals surface area contributed by atoms with Crippen molar-refractivity contribution in [2.24, 2.45) is 18.9 Å². The van der Waals surface area contributed by atoms with Crippen LogP contribution in [0.5, 0.6) is 0 Å². The van der Waals surface area contributed by atoms with Crippen LogP contribution in [0.15, 0.2) is 30.7 Å². The van der Waals surface area contributed by atoms with Crippen molar-refractivity contribution in [2.45, 2.75) is 63.3 Å². The molecule has 2 heterocycles. The van der Waals surface area contributed by atoms with E-state index in [0.29, 0.717) is 29.9 Å². The molecule has 2 unspecified atom stereocenters. The van der Waals surface area contributed by atoms with Gasteiger partial charge in [-0.05, 0) is 69.6 Å². The van der Waals surface area contributed by atoms with E-state index in [4.69, 9.17) is 11.6 Å². The third kappa shape index (κ3) is 4.59. The van der Waals surface area contributed by atoms with Crippen molar-refractivity contribution in [3.63, 3.8) is 0 Å². The lowest BCUT2D eigenvalue weighted by Gasteiger charge is -2.26. The summed E-state index contributed by atoms with van der Waals surface area (Å²) in [7, 11) is 1.70. The fraction of sp³-hybridized carbons (Fsp3) is 0.500. The molecule has 2 N–H and O–H groups in total. The predicted molar refractivity (Wildman–Crippen MR) is 132 cm³/mol. The van der Waals surface area contributed by atoms with Gasteiger partial charge in [0.15, 0.2) is 0 Å². The van der Waals surface area contributed by atoms with E-state index in [1.54, 1.807) is 31.8 Å². The number of aryl methyl sites for hydroxylation is 1. The van der Waals surface area contributed by atoms with E-state index in [1.807, 2.05) is 0 Å². The van der Waals surface area contributed by atoms with E-state index in [2.05, 4.69) is 15.4 Å². The number of benzene rings is 1. The summed E-state index contributed by atoms with van der Waals surface area (Å²) in [5, 5.41) is 18.0. The lowest BCUT2D eigenvalue weighted by molar-refractivity contribution is -0.148. The average Bonchev–Trinajstić information content (AvgIpc) is 3.56. The minimum Gasteiger partial charge on any atom is -0.385 e. The summed E-state index contributed by atoms with van der Waals surface area (Å²) in [6.45, 7) is 3.24. The number of carbonyl (C=O) groups excluding carboxylic acids is 1. The number of nitrogens with one attached hydrogen (secondary N) is 1. The maximum Gasteiger partial charge on any atom is 0.433 e. The van der Waals surface area contributed by atoms with Crippen LogP contribution in [0.4, 0.5) is 23.2 Å². The lowest BCUT2D eigenvalue weighted by Crippen LogP contribution is -2.28. The monoisotopic (exact) mass is 553 g/mol. The molecule has 0 aliphatic heterocycles. The lowest BCUT2D eigenvalue weighted by atomic mass is 9.87. The number of rotatable bonds is 5. The SMILES string of the molecule is CC(C)n1ncc(C2(O)CC3CC(c4ncn(C)c4C(=O)Nc4ccc(F)c(Cl)c4)CC3C2)c1C(F)(F)F. The molecule has 0 radical (unpaired) electrons. The molecule has 0 spiro atoms. The van der Waals surface area contributed by atoms with Gasteiger partial charge in [0.1, 0.15) is 17.2 Å². The minimum atomic E-state index is -4.64. The van der Waals surface area contributed by atoms with Gasteiger partial charge in [-0.25, -0.2) is 9.37 Å². The van der Waals surface area contributed by atoms with Crippen LogP contribution in [-0.2, 0) is 18.8 Å². The molecule has 2 aliphatic rings. The third-order valence-corrected chi connectivity index (χ3v) is 8.13. The molecule has 0 saturated heterocycles. The first-order valence-electron chi connectivity index (χ1n) is 12.4. The Morgan fingerprint density at radius 3 is 2.47 bits per heavy atom. The van der Waals surface area contributed by atoms with E-state index < -0.39 is 35.2 Å². The normalized spacial score (nSPS) is 25.3. The number of halogens is 5. The van der Waals surface area contributed by atoms with Crippen molar-refractivity contribution < 1.29 is 27.5 Å². The third-order valence-electron chi connectivity index (χ3n) is 7.84. The summed E-state index contributed by atoms with van der Waals surface area (Å²) in [6, 6.07) is 3.39. The van der Waals surface area contributed by atoms with Crippen LogP contribution in [0.1, 0.15) is 78.9 Å². The fourth-order valence-electron chi connectivity index (χ4n) is 6.27. The minimum absolute atomic E-state index is 0.0256. The molecule has 2 aliphatic carbocycles. The van der Waals surface area contributed by atoms with E-state index in [0.717, 1.165) is 16.9 Å². The molecule has 2 atom stereocenters. The van der Waals surface area contributed by atoms with Gasteiger partial charge in [-0.1, -0.05) is 11.6 Å². The smallest absolute Gasteiger partial charge is 0.385 e. The zero-order valence-corrected chi connectivity index (χ0v) is 21.8. The van der Waals surface area contributed by atoms with Gasteiger partial charge >= 0.3 is 6.18 Å². The zero-order valence-electron chi connectivity index (χ0n) is 21.1. The Balaban J connectivity index is 1.35. The highest BCUT2D eigenvalue weighted by Gasteiger charge is 2.54. The second-order valence-corrected chi connectivity index (χ2v) is 11.2. The summed E-state index contributed by atoms with van der Waals surface area (Å²) < 4.78 is 58.0. The van der Waals surface area contributed by atoms with Crippen LogP contribution < -0.4 is 5.32 Å². The molecule has 7 nitrogen and oxygen atoms in total. The number of hydrogen-bond acceptors (Lipinski definition) is 4. The summed E-state index contributed by atoms with van der Waals surface area (Å²) in [6.07, 6.45) is -0.394. The molecule has 204 valence electrons. The molecule has 0 bridgehead atoms. The van der Waals surface area contributed by atoms with Crippen LogP contribution in [0.3, 0.4) is 0 Å². The number of alkyl halides is 3. The molecule has 1 amide bonds. The van der Waals surface area contributed by atoms with E-state index in [1.165, 1.54) is 12.1 Å². The van der Waals surface area contributed by atoms with Crippen molar-refractivity contribution in [1.29, 1.82) is 0 Å². The van der Waals surface area contributed by atoms with E-state index >= 15 is 0 Å². The van der Waals surface area contributed by atoms with Crippen LogP contribution in [0, 0.1) is 17.7 Å². The van der Waals surface area contributed by atoms with Gasteiger partial charge in [0, 0.05) is 30.3 Å². The highest BCUT2D eigenvalue weighted by Crippen LogP contribution is 2.58. The van der Waals surface area contributed by atoms with Gasteiger partial charge in [-0.2, -0.15) is 18.3 Å². The van der Waals surface area contributed by atoms with Gasteiger partial charge in [0.05, 0.1) is 28.8 Å². The molecular weight excluding hydrogens is 526 g/mol. The number of hydrogen-bond donors (Lipinski definition) is 2. The molecule has 2 fully saturated rings. The fourth-order valence-corrected chi connectivity index (χ4v) is 6.45. The Hall–Kier alpha value is -2.92. The molecule has 1 aromatic carbocycles. The van der Waals surface area contributed by atoms with Crippen LogP contribution >= 0.6 is 11.6 Å². The molecule has 12 heteroatoms. The summed E-state index contributed by atoms with van der Waals surface area (Å²) >= 11 is 5.83.